The van der Waals surface area contributed by atoms with Gasteiger partial charge in [-0.25, -0.2) is 0 Å². The van der Waals surface area contributed by atoms with Crippen LogP contribution in [0.3, 0.4) is 0 Å². The molecule has 1 aromatic heterocycles. The van der Waals surface area contributed by atoms with Gasteiger partial charge in [0.1, 0.15) is 0 Å². The van der Waals surface area contributed by atoms with Crippen LogP contribution in [0.1, 0.15) is 0 Å². The van der Waals surface area contributed by atoms with Crippen molar-refractivity contribution in [3.8, 4) is 0 Å². The maximum Gasteiger partial charge on any atom is 0.301 e. The van der Waals surface area contributed by atoms with Crippen molar-refractivity contribution in [3.63, 3.8) is 0 Å². The molecule has 1 unspecified atom stereocenters. The van der Waals surface area contributed by atoms with Crippen LogP contribution >= 0.6 is 0 Å². The largest absolute Gasteiger partial charge is 0.301 e. The minimum atomic E-state index is -2.07. The van der Waals surface area contributed by atoms with Crippen LogP contribution in [0.15, 0.2) is 30.6 Å². The predicted octanol–water partition coefficient (Wildman–Crippen LogP) is 0.851. The van der Waals surface area contributed by atoms with Gasteiger partial charge in [0.05, 0.1) is 7.11 Å². The summed E-state index contributed by atoms with van der Waals surface area (Å²) < 4.78 is 20.6. The van der Waals surface area contributed by atoms with Crippen LogP contribution in [0.4, 0.5) is 0 Å². The number of aromatic nitrogens is 1. The van der Waals surface area contributed by atoms with E-state index in [2.05, 4.69) is 9.17 Å². The molecule has 0 fully saturated rings. The highest BCUT2D eigenvalue weighted by Gasteiger charge is 1.75. The third-order valence-corrected chi connectivity index (χ3v) is 0.994. The van der Waals surface area contributed by atoms with E-state index in [0.717, 1.165) is 7.11 Å². The van der Waals surface area contributed by atoms with Crippen LogP contribution in [0.5, 0.6) is 0 Å². The summed E-state index contributed by atoms with van der Waals surface area (Å²) in [5, 5.41) is 0. The normalized spacial score (nSPS) is 11.1. The van der Waals surface area contributed by atoms with Crippen molar-refractivity contribution in [3.05, 3.63) is 30.6 Å². The van der Waals surface area contributed by atoms with Crippen molar-refractivity contribution in [2.45, 2.75) is 0 Å². The standard InChI is InChI=1S/C5H5N.CH4O3S/c1-2-4-6-5-3-1;1-4-5(2)3/h1-5H;1H3,(H,2,3). The lowest BCUT2D eigenvalue weighted by Crippen LogP contribution is -1.84. The van der Waals surface area contributed by atoms with E-state index in [0.29, 0.717) is 0 Å². The van der Waals surface area contributed by atoms with Crippen LogP contribution in [0.2, 0.25) is 0 Å². The first-order chi connectivity index (χ1) is 5.27. The van der Waals surface area contributed by atoms with Crippen molar-refractivity contribution < 1.29 is 12.9 Å². The van der Waals surface area contributed by atoms with Gasteiger partial charge in [-0.3, -0.25) is 13.7 Å². The van der Waals surface area contributed by atoms with Gasteiger partial charge in [-0.2, -0.15) is 4.21 Å². The average Bonchev–Trinajstić information content (AvgIpc) is 2.09. The van der Waals surface area contributed by atoms with Crippen LogP contribution in [-0.4, -0.2) is 20.9 Å². The second-order valence-corrected chi connectivity index (χ2v) is 2.18. The summed E-state index contributed by atoms with van der Waals surface area (Å²) in [4.78, 5) is 3.78. The van der Waals surface area contributed by atoms with Crippen molar-refractivity contribution in [1.29, 1.82) is 0 Å². The Morgan fingerprint density at radius 3 is 1.91 bits per heavy atom. The van der Waals surface area contributed by atoms with E-state index < -0.39 is 11.4 Å². The highest BCUT2D eigenvalue weighted by Crippen LogP contribution is 1.73. The van der Waals surface area contributed by atoms with Crippen LogP contribution in [0, 0.1) is 0 Å². The van der Waals surface area contributed by atoms with Gasteiger partial charge in [0.2, 0.25) is 0 Å². The average molecular weight is 175 g/mol. The first kappa shape index (κ1) is 10.2. The minimum Gasteiger partial charge on any atom is -0.284 e. The molecule has 11 heavy (non-hydrogen) atoms. The molecule has 0 saturated heterocycles. The first-order valence-electron chi connectivity index (χ1n) is 2.77. The van der Waals surface area contributed by atoms with Crippen LogP contribution in [0.25, 0.3) is 0 Å². The zero-order valence-electron chi connectivity index (χ0n) is 6.01. The van der Waals surface area contributed by atoms with Gasteiger partial charge in [0.25, 0.3) is 0 Å². The summed E-state index contributed by atoms with van der Waals surface area (Å²) in [7, 11) is 1.15. The fourth-order valence-electron chi connectivity index (χ4n) is 0.313. The monoisotopic (exact) mass is 175 g/mol. The number of pyridine rings is 1. The maximum absolute atomic E-state index is 9.26. The SMILES string of the molecule is COS(=O)O.c1ccncc1. The van der Waals surface area contributed by atoms with Gasteiger partial charge >= 0.3 is 11.4 Å². The summed E-state index contributed by atoms with van der Waals surface area (Å²) in [6.45, 7) is 0. The topological polar surface area (TPSA) is 59.4 Å². The summed E-state index contributed by atoms with van der Waals surface area (Å²) in [6, 6.07) is 5.72. The molecule has 4 nitrogen and oxygen atoms in total. The predicted molar refractivity (Wildman–Crippen MR) is 42.0 cm³/mol. The quantitative estimate of drug-likeness (QED) is 0.643. The summed E-state index contributed by atoms with van der Waals surface area (Å²) in [5.74, 6) is 0. The molecule has 0 bridgehead atoms. The van der Waals surface area contributed by atoms with Crippen molar-refractivity contribution in [2.24, 2.45) is 0 Å². The Bertz CT molecular complexity index is 166. The third-order valence-electron chi connectivity index (χ3n) is 0.709. The minimum absolute atomic E-state index is 1.15. The molecule has 0 radical (unpaired) electrons. The summed E-state index contributed by atoms with van der Waals surface area (Å²) in [5.41, 5.74) is 0. The van der Waals surface area contributed by atoms with Crippen LogP contribution < -0.4 is 0 Å². The molecule has 0 amide bonds. The van der Waals surface area contributed by atoms with E-state index in [1.807, 2.05) is 18.2 Å². The Labute approximate surface area is 67.7 Å². The highest BCUT2D eigenvalue weighted by molar-refractivity contribution is 7.74. The molecule has 0 aliphatic carbocycles. The Balaban J connectivity index is 0.000000187. The molecular formula is C6H9NO3S. The van der Waals surface area contributed by atoms with E-state index in [4.69, 9.17) is 4.55 Å². The molecule has 0 saturated carbocycles. The molecule has 5 heteroatoms. The van der Waals surface area contributed by atoms with Gasteiger partial charge < -0.3 is 0 Å². The van der Waals surface area contributed by atoms with Gasteiger partial charge in [0.15, 0.2) is 0 Å². The van der Waals surface area contributed by atoms with Gasteiger partial charge in [0, 0.05) is 12.4 Å². The van der Waals surface area contributed by atoms with Gasteiger partial charge in [-0.15, -0.1) is 0 Å². The second-order valence-electron chi connectivity index (χ2n) is 1.41. The molecule has 0 aliphatic rings. The van der Waals surface area contributed by atoms with E-state index >= 15 is 0 Å². The third kappa shape index (κ3) is 9.22. The van der Waals surface area contributed by atoms with Crippen molar-refractivity contribution in [2.75, 3.05) is 7.11 Å². The smallest absolute Gasteiger partial charge is 0.284 e. The van der Waals surface area contributed by atoms with Crippen LogP contribution in [-0.2, 0) is 15.5 Å². The Kier molecular flexibility index (Phi) is 6.81. The van der Waals surface area contributed by atoms with Crippen molar-refractivity contribution >= 4 is 11.4 Å². The van der Waals surface area contributed by atoms with E-state index in [1.165, 1.54) is 0 Å². The van der Waals surface area contributed by atoms with E-state index in [-0.39, 0.29) is 0 Å². The zero-order chi connectivity index (χ0) is 8.53. The second kappa shape index (κ2) is 7.33. The number of rotatable bonds is 1. The Morgan fingerprint density at radius 1 is 1.36 bits per heavy atom. The van der Waals surface area contributed by atoms with Crippen molar-refractivity contribution in [1.82, 2.24) is 4.98 Å². The lowest BCUT2D eigenvalue weighted by atomic mass is 10.5. The number of hydrogen-bond donors (Lipinski definition) is 1. The Morgan fingerprint density at radius 2 is 1.82 bits per heavy atom. The van der Waals surface area contributed by atoms with Gasteiger partial charge in [-0.1, -0.05) is 6.07 Å². The molecule has 0 aromatic carbocycles. The molecule has 1 rings (SSSR count). The van der Waals surface area contributed by atoms with Gasteiger partial charge in [-0.05, 0) is 12.1 Å². The Hall–Kier alpha value is -0.780. The zero-order valence-corrected chi connectivity index (χ0v) is 6.82. The lowest BCUT2D eigenvalue weighted by Gasteiger charge is -1.76. The molecule has 0 aliphatic heterocycles. The molecular weight excluding hydrogens is 166 g/mol. The first-order valence-corrected chi connectivity index (χ1v) is 3.81. The lowest BCUT2D eigenvalue weighted by molar-refractivity contribution is 0.379. The number of nitrogens with zero attached hydrogens (tertiary/aromatic N) is 1. The molecule has 62 valence electrons. The highest BCUT2D eigenvalue weighted by atomic mass is 32.2. The molecule has 1 aromatic rings. The maximum atomic E-state index is 9.26. The molecule has 0 spiro atoms. The summed E-state index contributed by atoms with van der Waals surface area (Å²) >= 11 is -2.07. The molecule has 1 N–H and O–H groups in total. The fraction of sp³-hybridized carbons (Fsp3) is 0.167. The molecule has 1 atom stereocenters. The number of hydrogen-bond acceptors (Lipinski definition) is 3. The summed E-state index contributed by atoms with van der Waals surface area (Å²) in [6.07, 6.45) is 3.50. The molecule has 1 heterocycles. The fourth-order valence-corrected chi connectivity index (χ4v) is 0.313. The van der Waals surface area contributed by atoms with E-state index in [9.17, 15) is 4.21 Å². The van der Waals surface area contributed by atoms with E-state index in [1.54, 1.807) is 12.4 Å².